The molecule has 2 N–H and O–H groups in total. The van der Waals surface area contributed by atoms with Gasteiger partial charge < -0.3 is 20.3 Å². The van der Waals surface area contributed by atoms with Crippen LogP contribution >= 0.6 is 12.2 Å². The van der Waals surface area contributed by atoms with E-state index in [0.29, 0.717) is 16.7 Å². The topological polar surface area (TPSA) is 49.4 Å². The van der Waals surface area contributed by atoms with Crippen LogP contribution in [0.2, 0.25) is 0 Å². The van der Waals surface area contributed by atoms with Crippen LogP contribution < -0.4 is 15.4 Å². The lowest BCUT2D eigenvalue weighted by atomic mass is 10.0. The Kier molecular flexibility index (Phi) is 6.86. The predicted octanol–water partition coefficient (Wildman–Crippen LogP) is 2.50. The number of piperidine rings is 1. The first-order valence-electron chi connectivity index (χ1n) is 7.95. The highest BCUT2D eigenvalue weighted by Gasteiger charge is 2.15. The molecule has 1 aliphatic heterocycles. The van der Waals surface area contributed by atoms with Crippen LogP contribution in [0.5, 0.6) is 5.75 Å². The molecule has 0 radical (unpaired) electrons. The number of ether oxygens (including phenoxy) is 1. The molecular formula is C16H26N4OS. The van der Waals surface area contributed by atoms with E-state index in [4.69, 9.17) is 17.0 Å². The van der Waals surface area contributed by atoms with E-state index in [2.05, 4.69) is 27.4 Å². The first-order valence-corrected chi connectivity index (χ1v) is 8.36. The van der Waals surface area contributed by atoms with E-state index < -0.39 is 0 Å². The maximum atomic E-state index is 5.30. The highest BCUT2D eigenvalue weighted by Crippen LogP contribution is 2.19. The van der Waals surface area contributed by atoms with E-state index in [9.17, 15) is 0 Å². The molecule has 2 rings (SSSR count). The molecule has 0 aromatic carbocycles. The van der Waals surface area contributed by atoms with Crippen molar-refractivity contribution in [3.63, 3.8) is 0 Å². The molecule has 1 aromatic rings. The first kappa shape index (κ1) is 17.0. The minimum Gasteiger partial charge on any atom is -0.493 e. The monoisotopic (exact) mass is 322 g/mol. The van der Waals surface area contributed by atoms with Crippen LogP contribution in [0.4, 0.5) is 5.82 Å². The minimum atomic E-state index is 0.587. The van der Waals surface area contributed by atoms with Crippen molar-refractivity contribution < 1.29 is 4.74 Å². The Labute approximate surface area is 138 Å². The molecule has 2 heterocycles. The molecule has 1 aliphatic rings. The molecule has 0 unspecified atom stereocenters. The van der Waals surface area contributed by atoms with Gasteiger partial charge in [-0.3, -0.25) is 0 Å². The highest BCUT2D eigenvalue weighted by molar-refractivity contribution is 7.80. The number of methoxy groups -OCH3 is 1. The fourth-order valence-electron chi connectivity index (χ4n) is 2.80. The number of aromatic nitrogens is 1. The Morgan fingerprint density at radius 2 is 2.41 bits per heavy atom. The van der Waals surface area contributed by atoms with Gasteiger partial charge in [-0.25, -0.2) is 4.98 Å². The van der Waals surface area contributed by atoms with Gasteiger partial charge in [0.2, 0.25) is 0 Å². The summed E-state index contributed by atoms with van der Waals surface area (Å²) in [6.45, 7) is 6.80. The van der Waals surface area contributed by atoms with Crippen molar-refractivity contribution in [1.29, 1.82) is 0 Å². The standard InChI is InChI=1S/C16H26N4OS/c1-13-6-4-10-20(12-13)11-5-9-18-16(22)19-15-14(21-2)7-3-8-17-15/h3,7-8,13H,4-6,9-12H2,1-2H3,(H2,17,18,19,22)/t13-/m1/s1. The summed E-state index contributed by atoms with van der Waals surface area (Å²) in [5, 5.41) is 6.90. The Balaban J connectivity index is 1.65. The lowest BCUT2D eigenvalue weighted by Crippen LogP contribution is -2.37. The van der Waals surface area contributed by atoms with Crippen LogP contribution in [0.25, 0.3) is 0 Å². The van der Waals surface area contributed by atoms with E-state index in [1.165, 1.54) is 25.9 Å². The van der Waals surface area contributed by atoms with Gasteiger partial charge in [-0.05, 0) is 62.6 Å². The van der Waals surface area contributed by atoms with Crippen LogP contribution in [0.1, 0.15) is 26.2 Å². The second kappa shape index (κ2) is 8.90. The molecule has 0 bridgehead atoms. The predicted molar refractivity (Wildman–Crippen MR) is 94.5 cm³/mol. The summed E-state index contributed by atoms with van der Waals surface area (Å²) >= 11 is 5.30. The Hall–Kier alpha value is -1.40. The molecule has 0 amide bonds. The van der Waals surface area contributed by atoms with Crippen molar-refractivity contribution >= 4 is 23.1 Å². The van der Waals surface area contributed by atoms with Crippen molar-refractivity contribution in [1.82, 2.24) is 15.2 Å². The summed E-state index contributed by atoms with van der Waals surface area (Å²) in [6, 6.07) is 3.69. The third-order valence-corrected chi connectivity index (χ3v) is 4.15. The van der Waals surface area contributed by atoms with Gasteiger partial charge in [-0.2, -0.15) is 0 Å². The van der Waals surface area contributed by atoms with Crippen LogP contribution in [0.3, 0.4) is 0 Å². The number of anilines is 1. The zero-order valence-electron chi connectivity index (χ0n) is 13.5. The van der Waals surface area contributed by atoms with E-state index in [0.717, 1.165) is 25.4 Å². The van der Waals surface area contributed by atoms with Gasteiger partial charge in [0, 0.05) is 19.3 Å². The lowest BCUT2D eigenvalue weighted by Gasteiger charge is -2.30. The number of thiocarbonyl (C=S) groups is 1. The van der Waals surface area contributed by atoms with E-state index in [1.807, 2.05) is 12.1 Å². The molecule has 5 nitrogen and oxygen atoms in total. The number of rotatable bonds is 6. The second-order valence-corrected chi connectivity index (χ2v) is 6.24. The second-order valence-electron chi connectivity index (χ2n) is 5.84. The van der Waals surface area contributed by atoms with Gasteiger partial charge in [0.05, 0.1) is 7.11 Å². The molecule has 0 aliphatic carbocycles. The summed E-state index contributed by atoms with van der Waals surface area (Å²) in [7, 11) is 1.62. The summed E-state index contributed by atoms with van der Waals surface area (Å²) in [5.74, 6) is 2.17. The SMILES string of the molecule is COc1cccnc1NC(=S)NCCCN1CCC[C@@H](C)C1. The number of pyridine rings is 1. The Bertz CT molecular complexity index is 483. The molecule has 1 aromatic heterocycles. The van der Waals surface area contributed by atoms with Gasteiger partial charge in [-0.15, -0.1) is 0 Å². The number of nitrogens with one attached hydrogen (secondary N) is 2. The number of nitrogens with zero attached hydrogens (tertiary/aromatic N) is 2. The van der Waals surface area contributed by atoms with Crippen molar-refractivity contribution in [2.45, 2.75) is 26.2 Å². The van der Waals surface area contributed by atoms with Crippen molar-refractivity contribution in [2.24, 2.45) is 5.92 Å². The number of likely N-dealkylation sites (tertiary alicyclic amines) is 1. The van der Waals surface area contributed by atoms with Gasteiger partial charge in [0.25, 0.3) is 0 Å². The van der Waals surface area contributed by atoms with Crippen LogP contribution in [0.15, 0.2) is 18.3 Å². The molecular weight excluding hydrogens is 296 g/mol. The van der Waals surface area contributed by atoms with Gasteiger partial charge in [0.1, 0.15) is 0 Å². The van der Waals surface area contributed by atoms with Crippen LogP contribution in [-0.2, 0) is 0 Å². The van der Waals surface area contributed by atoms with Gasteiger partial charge in [-0.1, -0.05) is 6.92 Å². The third-order valence-electron chi connectivity index (χ3n) is 3.90. The van der Waals surface area contributed by atoms with Crippen LogP contribution in [0, 0.1) is 5.92 Å². The first-order chi connectivity index (χ1) is 10.7. The fourth-order valence-corrected chi connectivity index (χ4v) is 2.99. The normalized spacial score (nSPS) is 18.7. The number of hydrogen-bond donors (Lipinski definition) is 2. The molecule has 122 valence electrons. The fraction of sp³-hybridized carbons (Fsp3) is 0.625. The molecule has 1 fully saturated rings. The van der Waals surface area contributed by atoms with Crippen LogP contribution in [-0.4, -0.2) is 48.3 Å². The molecule has 1 atom stereocenters. The smallest absolute Gasteiger partial charge is 0.174 e. The maximum absolute atomic E-state index is 5.30. The average Bonchev–Trinajstić information content (AvgIpc) is 2.52. The molecule has 0 saturated carbocycles. The molecule has 22 heavy (non-hydrogen) atoms. The van der Waals surface area contributed by atoms with Crippen molar-refractivity contribution in [3.05, 3.63) is 18.3 Å². The minimum absolute atomic E-state index is 0.587. The summed E-state index contributed by atoms with van der Waals surface area (Å²) < 4.78 is 5.24. The third kappa shape index (κ3) is 5.42. The Morgan fingerprint density at radius 1 is 1.55 bits per heavy atom. The van der Waals surface area contributed by atoms with E-state index in [1.54, 1.807) is 13.3 Å². The lowest BCUT2D eigenvalue weighted by molar-refractivity contribution is 0.182. The van der Waals surface area contributed by atoms with Gasteiger partial charge >= 0.3 is 0 Å². The molecule has 1 saturated heterocycles. The van der Waals surface area contributed by atoms with Crippen molar-refractivity contribution in [3.8, 4) is 5.75 Å². The molecule has 0 spiro atoms. The number of hydrogen-bond acceptors (Lipinski definition) is 4. The maximum Gasteiger partial charge on any atom is 0.174 e. The summed E-state index contributed by atoms with van der Waals surface area (Å²) in [6.07, 6.45) is 5.50. The van der Waals surface area contributed by atoms with Gasteiger partial charge in [0.15, 0.2) is 16.7 Å². The largest absolute Gasteiger partial charge is 0.493 e. The summed E-state index contributed by atoms with van der Waals surface area (Å²) in [5.41, 5.74) is 0. The van der Waals surface area contributed by atoms with Crippen molar-refractivity contribution in [2.75, 3.05) is 38.6 Å². The molecule has 6 heteroatoms. The Morgan fingerprint density at radius 3 is 3.18 bits per heavy atom. The highest BCUT2D eigenvalue weighted by atomic mass is 32.1. The zero-order chi connectivity index (χ0) is 15.8. The van der Waals surface area contributed by atoms with E-state index in [-0.39, 0.29) is 0 Å². The van der Waals surface area contributed by atoms with E-state index >= 15 is 0 Å². The summed E-state index contributed by atoms with van der Waals surface area (Å²) in [4.78, 5) is 6.78. The average molecular weight is 322 g/mol. The quantitative estimate of drug-likeness (QED) is 0.620. The zero-order valence-corrected chi connectivity index (χ0v) is 14.3.